The first-order valence-electron chi connectivity index (χ1n) is 4.33. The van der Waals surface area contributed by atoms with Crippen molar-refractivity contribution in [1.82, 2.24) is 9.78 Å². The maximum atomic E-state index is 10.7. The summed E-state index contributed by atoms with van der Waals surface area (Å²) >= 11 is 0. The Morgan fingerprint density at radius 3 is 2.69 bits per heavy atom. The smallest absolute Gasteiger partial charge is 0.239 e. The molecule has 72 valence electrons. The molecule has 0 aliphatic carbocycles. The molecule has 0 unspecified atom stereocenters. The van der Waals surface area contributed by atoms with Gasteiger partial charge in [-0.3, -0.25) is 9.48 Å². The van der Waals surface area contributed by atoms with Crippen LogP contribution in [0.4, 0.5) is 0 Å². The van der Waals surface area contributed by atoms with E-state index in [0.717, 1.165) is 5.69 Å². The maximum absolute atomic E-state index is 10.7. The Kier molecular flexibility index (Phi) is 2.70. The van der Waals surface area contributed by atoms with E-state index in [1.807, 2.05) is 6.92 Å². The molecule has 1 rings (SSSR count). The van der Waals surface area contributed by atoms with Gasteiger partial charge in [0.2, 0.25) is 5.91 Å². The summed E-state index contributed by atoms with van der Waals surface area (Å²) in [6.45, 7) is 6.31. The van der Waals surface area contributed by atoms with E-state index in [9.17, 15) is 4.79 Å². The SMILES string of the molecule is Cc1c(C(C)C)cnn1CC(N)=O. The van der Waals surface area contributed by atoms with Gasteiger partial charge >= 0.3 is 0 Å². The van der Waals surface area contributed by atoms with Crippen molar-refractivity contribution >= 4 is 5.91 Å². The van der Waals surface area contributed by atoms with Gasteiger partial charge in [-0.2, -0.15) is 5.10 Å². The van der Waals surface area contributed by atoms with Gasteiger partial charge in [-0.25, -0.2) is 0 Å². The lowest BCUT2D eigenvalue weighted by Crippen LogP contribution is -2.20. The highest BCUT2D eigenvalue weighted by Crippen LogP contribution is 2.17. The average molecular weight is 181 g/mol. The molecule has 1 amide bonds. The summed E-state index contributed by atoms with van der Waals surface area (Å²) < 4.78 is 1.64. The third-order valence-corrected chi connectivity index (χ3v) is 2.07. The van der Waals surface area contributed by atoms with Crippen molar-refractivity contribution in [2.75, 3.05) is 0 Å². The molecule has 2 N–H and O–H groups in total. The minimum Gasteiger partial charge on any atom is -0.368 e. The number of carbonyl (C=O) groups excluding carboxylic acids is 1. The van der Waals surface area contributed by atoms with Crippen LogP contribution in [-0.2, 0) is 11.3 Å². The van der Waals surface area contributed by atoms with E-state index in [4.69, 9.17) is 5.73 Å². The molecule has 0 aliphatic heterocycles. The van der Waals surface area contributed by atoms with Gasteiger partial charge in [0, 0.05) is 5.69 Å². The van der Waals surface area contributed by atoms with Crippen LogP contribution in [0.5, 0.6) is 0 Å². The lowest BCUT2D eigenvalue weighted by atomic mass is 10.1. The Morgan fingerprint density at radius 1 is 1.69 bits per heavy atom. The first kappa shape index (κ1) is 9.77. The molecule has 13 heavy (non-hydrogen) atoms. The van der Waals surface area contributed by atoms with E-state index in [-0.39, 0.29) is 12.5 Å². The fourth-order valence-electron chi connectivity index (χ4n) is 1.33. The number of carbonyl (C=O) groups is 1. The number of nitrogens with zero attached hydrogens (tertiary/aromatic N) is 2. The van der Waals surface area contributed by atoms with Gasteiger partial charge in [0.25, 0.3) is 0 Å². The van der Waals surface area contributed by atoms with Crippen molar-refractivity contribution < 1.29 is 4.79 Å². The van der Waals surface area contributed by atoms with Crippen LogP contribution in [0.25, 0.3) is 0 Å². The quantitative estimate of drug-likeness (QED) is 0.749. The van der Waals surface area contributed by atoms with Crippen LogP contribution in [0.2, 0.25) is 0 Å². The average Bonchev–Trinajstić information content (AvgIpc) is 2.32. The molecule has 0 aliphatic rings. The number of primary amides is 1. The van der Waals surface area contributed by atoms with Gasteiger partial charge in [0.15, 0.2) is 0 Å². The molecule has 4 heteroatoms. The number of amides is 1. The predicted molar refractivity (Wildman–Crippen MR) is 50.2 cm³/mol. The number of nitrogens with two attached hydrogens (primary N) is 1. The lowest BCUT2D eigenvalue weighted by molar-refractivity contribution is -0.118. The topological polar surface area (TPSA) is 60.9 Å². The minimum absolute atomic E-state index is 0.165. The van der Waals surface area contributed by atoms with Gasteiger partial charge < -0.3 is 5.73 Å². The summed E-state index contributed by atoms with van der Waals surface area (Å²) in [6.07, 6.45) is 1.79. The van der Waals surface area contributed by atoms with E-state index >= 15 is 0 Å². The summed E-state index contributed by atoms with van der Waals surface area (Å²) in [7, 11) is 0. The molecular formula is C9H15N3O. The van der Waals surface area contributed by atoms with Crippen LogP contribution in [0.15, 0.2) is 6.20 Å². The highest BCUT2D eigenvalue weighted by molar-refractivity contribution is 5.73. The van der Waals surface area contributed by atoms with Crippen LogP contribution < -0.4 is 5.73 Å². The zero-order valence-corrected chi connectivity index (χ0v) is 8.24. The molecule has 0 radical (unpaired) electrons. The van der Waals surface area contributed by atoms with Crippen LogP contribution in [0, 0.1) is 6.92 Å². The van der Waals surface area contributed by atoms with Crippen LogP contribution >= 0.6 is 0 Å². The number of rotatable bonds is 3. The van der Waals surface area contributed by atoms with E-state index < -0.39 is 0 Å². The Morgan fingerprint density at radius 2 is 2.31 bits per heavy atom. The van der Waals surface area contributed by atoms with Gasteiger partial charge in [0.05, 0.1) is 6.20 Å². The number of hydrogen-bond donors (Lipinski definition) is 1. The molecule has 1 aromatic heterocycles. The Hall–Kier alpha value is -1.32. The second-order valence-electron chi connectivity index (χ2n) is 3.46. The Balaban J connectivity index is 2.92. The lowest BCUT2D eigenvalue weighted by Gasteiger charge is -2.04. The fraction of sp³-hybridized carbons (Fsp3) is 0.556. The molecule has 0 atom stereocenters. The zero-order chi connectivity index (χ0) is 10.0. The summed E-state index contributed by atoms with van der Waals surface area (Å²) in [5.74, 6) is 0.0723. The Labute approximate surface area is 77.7 Å². The molecule has 4 nitrogen and oxygen atoms in total. The van der Waals surface area contributed by atoms with Crippen molar-refractivity contribution in [1.29, 1.82) is 0 Å². The van der Waals surface area contributed by atoms with E-state index in [1.165, 1.54) is 5.56 Å². The second-order valence-corrected chi connectivity index (χ2v) is 3.46. The molecule has 0 spiro atoms. The van der Waals surface area contributed by atoms with Crippen LogP contribution in [0.1, 0.15) is 31.0 Å². The monoisotopic (exact) mass is 181 g/mol. The minimum atomic E-state index is -0.360. The standard InChI is InChI=1S/C9H15N3O/c1-6(2)8-4-11-12(7(8)3)5-9(10)13/h4,6H,5H2,1-3H3,(H2,10,13). The van der Waals surface area contributed by atoms with Crippen molar-refractivity contribution in [3.05, 3.63) is 17.5 Å². The third-order valence-electron chi connectivity index (χ3n) is 2.07. The molecule has 1 aromatic rings. The summed E-state index contributed by atoms with van der Waals surface area (Å²) in [5.41, 5.74) is 7.27. The molecule has 0 aromatic carbocycles. The summed E-state index contributed by atoms with van der Waals surface area (Å²) in [4.78, 5) is 10.7. The van der Waals surface area contributed by atoms with E-state index in [0.29, 0.717) is 5.92 Å². The Bertz CT molecular complexity index is 315. The van der Waals surface area contributed by atoms with Crippen molar-refractivity contribution in [2.24, 2.45) is 5.73 Å². The molecule has 0 saturated carbocycles. The molecule has 0 bridgehead atoms. The number of hydrogen-bond acceptors (Lipinski definition) is 2. The summed E-state index contributed by atoms with van der Waals surface area (Å²) in [6, 6.07) is 0. The van der Waals surface area contributed by atoms with Gasteiger partial charge in [-0.1, -0.05) is 13.8 Å². The highest BCUT2D eigenvalue weighted by atomic mass is 16.1. The largest absolute Gasteiger partial charge is 0.368 e. The van der Waals surface area contributed by atoms with Gasteiger partial charge in [-0.15, -0.1) is 0 Å². The first-order valence-corrected chi connectivity index (χ1v) is 4.33. The van der Waals surface area contributed by atoms with Gasteiger partial charge in [-0.05, 0) is 18.4 Å². The molecule has 0 saturated heterocycles. The number of aromatic nitrogens is 2. The second kappa shape index (κ2) is 3.60. The fourth-order valence-corrected chi connectivity index (χ4v) is 1.33. The van der Waals surface area contributed by atoms with Crippen LogP contribution in [0.3, 0.4) is 0 Å². The van der Waals surface area contributed by atoms with Crippen LogP contribution in [-0.4, -0.2) is 15.7 Å². The maximum Gasteiger partial charge on any atom is 0.239 e. The van der Waals surface area contributed by atoms with E-state index in [1.54, 1.807) is 10.9 Å². The van der Waals surface area contributed by atoms with Crippen molar-refractivity contribution in [3.8, 4) is 0 Å². The molecule has 0 fully saturated rings. The third kappa shape index (κ3) is 2.08. The summed E-state index contributed by atoms with van der Waals surface area (Å²) in [5, 5.41) is 4.09. The van der Waals surface area contributed by atoms with E-state index in [2.05, 4.69) is 18.9 Å². The first-order chi connectivity index (χ1) is 6.02. The molecule has 1 heterocycles. The zero-order valence-electron chi connectivity index (χ0n) is 8.24. The van der Waals surface area contributed by atoms with Gasteiger partial charge in [0.1, 0.15) is 6.54 Å². The normalized spacial score (nSPS) is 10.8. The highest BCUT2D eigenvalue weighted by Gasteiger charge is 2.10. The van der Waals surface area contributed by atoms with Crippen molar-refractivity contribution in [2.45, 2.75) is 33.2 Å². The molecular weight excluding hydrogens is 166 g/mol. The predicted octanol–water partition coefficient (Wildman–Crippen LogP) is 0.800. The van der Waals surface area contributed by atoms with Crippen molar-refractivity contribution in [3.63, 3.8) is 0 Å².